The summed E-state index contributed by atoms with van der Waals surface area (Å²) in [5, 5.41) is 4.97. The first-order valence-corrected chi connectivity index (χ1v) is 6.51. The van der Waals surface area contributed by atoms with Gasteiger partial charge in [0.25, 0.3) is 0 Å². The highest BCUT2D eigenvalue weighted by Gasteiger charge is 2.18. The van der Waals surface area contributed by atoms with Crippen LogP contribution in [0.4, 0.5) is 10.1 Å². The lowest BCUT2D eigenvalue weighted by atomic mass is 10.1. The van der Waals surface area contributed by atoms with Crippen molar-refractivity contribution in [2.45, 2.75) is 19.9 Å². The number of nitrogens with two attached hydrogens (primary N) is 1. The maximum absolute atomic E-state index is 13.0. The molecule has 0 aromatic heterocycles. The molecule has 8 heteroatoms. The van der Waals surface area contributed by atoms with Crippen LogP contribution in [0.15, 0.2) is 18.2 Å². The molecule has 0 aliphatic rings. The molecule has 0 fully saturated rings. The van der Waals surface area contributed by atoms with Gasteiger partial charge in [0.15, 0.2) is 0 Å². The number of benzene rings is 1. The van der Waals surface area contributed by atoms with Gasteiger partial charge in [-0.3, -0.25) is 9.59 Å². The highest BCUT2D eigenvalue weighted by molar-refractivity contribution is 5.96. The quantitative estimate of drug-likeness (QED) is 0.731. The van der Waals surface area contributed by atoms with Crippen LogP contribution in [0, 0.1) is 11.7 Å². The van der Waals surface area contributed by atoms with Gasteiger partial charge in [0.1, 0.15) is 11.6 Å². The summed E-state index contributed by atoms with van der Waals surface area (Å²) in [7, 11) is 1.37. The molecule has 1 aromatic rings. The normalized spacial score (nSPS) is 11.4. The number of methoxy groups -OCH3 is 1. The zero-order valence-corrected chi connectivity index (χ0v) is 13.5. The molecule has 2 amide bonds. The lowest BCUT2D eigenvalue weighted by Crippen LogP contribution is -2.46. The highest BCUT2D eigenvalue weighted by Crippen LogP contribution is 2.24. The van der Waals surface area contributed by atoms with Crippen molar-refractivity contribution in [1.82, 2.24) is 5.32 Å². The topological polar surface area (TPSA) is 93.5 Å². The van der Waals surface area contributed by atoms with Gasteiger partial charge in [0.2, 0.25) is 11.8 Å². The summed E-state index contributed by atoms with van der Waals surface area (Å²) in [6.07, 6.45) is 0. The molecule has 4 N–H and O–H groups in total. The fourth-order valence-corrected chi connectivity index (χ4v) is 1.55. The molecule has 0 aliphatic heterocycles. The minimum Gasteiger partial charge on any atom is -0.494 e. The van der Waals surface area contributed by atoms with Crippen LogP contribution >= 0.6 is 12.4 Å². The van der Waals surface area contributed by atoms with Crippen molar-refractivity contribution in [3.8, 4) is 5.75 Å². The van der Waals surface area contributed by atoms with Crippen LogP contribution in [-0.4, -0.2) is 31.5 Å². The Bertz CT molecular complexity index is 526. The van der Waals surface area contributed by atoms with Crippen molar-refractivity contribution in [3.05, 3.63) is 24.0 Å². The molecule has 0 spiro atoms. The number of anilines is 1. The number of amides is 2. The molecule has 0 unspecified atom stereocenters. The predicted molar refractivity (Wildman–Crippen MR) is 84.7 cm³/mol. The fourth-order valence-electron chi connectivity index (χ4n) is 1.55. The van der Waals surface area contributed by atoms with Crippen molar-refractivity contribution >= 4 is 29.9 Å². The second-order valence-electron chi connectivity index (χ2n) is 4.88. The SMILES string of the molecule is COc1cc(F)ccc1NC(=O)CNC(=O)[C@@H](N)C(C)C.Cl. The van der Waals surface area contributed by atoms with E-state index >= 15 is 0 Å². The van der Waals surface area contributed by atoms with Gasteiger partial charge in [-0.2, -0.15) is 0 Å². The lowest BCUT2D eigenvalue weighted by Gasteiger charge is -2.15. The molecule has 1 rings (SSSR count). The number of ether oxygens (including phenoxy) is 1. The largest absolute Gasteiger partial charge is 0.494 e. The molecule has 1 atom stereocenters. The molecule has 6 nitrogen and oxygen atoms in total. The molecule has 0 bridgehead atoms. The third kappa shape index (κ3) is 5.87. The number of hydrogen-bond acceptors (Lipinski definition) is 4. The number of carbonyl (C=O) groups excluding carboxylic acids is 2. The monoisotopic (exact) mass is 333 g/mol. The Labute approximate surface area is 135 Å². The second kappa shape index (κ2) is 9.22. The first-order chi connectivity index (χ1) is 9.85. The summed E-state index contributed by atoms with van der Waals surface area (Å²) in [6, 6.07) is 3.07. The number of halogens is 2. The smallest absolute Gasteiger partial charge is 0.243 e. The molecular formula is C14H21ClFN3O3. The minimum absolute atomic E-state index is 0. The number of carbonyl (C=O) groups is 2. The predicted octanol–water partition coefficient (Wildman–Crippen LogP) is 1.29. The van der Waals surface area contributed by atoms with E-state index in [4.69, 9.17) is 10.5 Å². The van der Waals surface area contributed by atoms with E-state index in [0.29, 0.717) is 5.69 Å². The number of hydrogen-bond donors (Lipinski definition) is 3. The van der Waals surface area contributed by atoms with E-state index in [1.165, 1.54) is 19.2 Å². The Morgan fingerprint density at radius 2 is 2.00 bits per heavy atom. The maximum Gasteiger partial charge on any atom is 0.243 e. The maximum atomic E-state index is 13.0. The van der Waals surface area contributed by atoms with E-state index in [9.17, 15) is 14.0 Å². The van der Waals surface area contributed by atoms with Gasteiger partial charge in [-0.15, -0.1) is 12.4 Å². The van der Waals surface area contributed by atoms with Gasteiger partial charge in [-0.1, -0.05) is 13.8 Å². The summed E-state index contributed by atoms with van der Waals surface area (Å²) in [4.78, 5) is 23.4. The molecule has 124 valence electrons. The molecule has 0 heterocycles. The van der Waals surface area contributed by atoms with Gasteiger partial charge >= 0.3 is 0 Å². The average molecular weight is 334 g/mol. The van der Waals surface area contributed by atoms with Gasteiger partial charge in [0, 0.05) is 6.07 Å². The molecule has 0 aliphatic carbocycles. The van der Waals surface area contributed by atoms with Crippen LogP contribution in [0.3, 0.4) is 0 Å². The van der Waals surface area contributed by atoms with E-state index < -0.39 is 23.7 Å². The highest BCUT2D eigenvalue weighted by atomic mass is 35.5. The number of rotatable bonds is 6. The molecule has 1 aromatic carbocycles. The molecule has 0 saturated carbocycles. The summed E-state index contributed by atoms with van der Waals surface area (Å²) >= 11 is 0. The Kier molecular flexibility index (Phi) is 8.44. The van der Waals surface area contributed by atoms with E-state index in [1.807, 2.05) is 13.8 Å². The first kappa shape index (κ1) is 20.1. The first-order valence-electron chi connectivity index (χ1n) is 6.51. The summed E-state index contributed by atoms with van der Waals surface area (Å²) < 4.78 is 18.0. The van der Waals surface area contributed by atoms with Crippen molar-refractivity contribution in [1.29, 1.82) is 0 Å². The van der Waals surface area contributed by atoms with Gasteiger partial charge in [-0.05, 0) is 18.1 Å². The lowest BCUT2D eigenvalue weighted by molar-refractivity contribution is -0.125. The summed E-state index contributed by atoms with van der Waals surface area (Å²) in [6.45, 7) is 3.40. The average Bonchev–Trinajstić information content (AvgIpc) is 2.45. The van der Waals surface area contributed by atoms with Crippen molar-refractivity contribution in [3.63, 3.8) is 0 Å². The van der Waals surface area contributed by atoms with Crippen LogP contribution in [-0.2, 0) is 9.59 Å². The van der Waals surface area contributed by atoms with Crippen molar-refractivity contribution in [2.75, 3.05) is 19.0 Å². The van der Waals surface area contributed by atoms with Crippen LogP contribution in [0.5, 0.6) is 5.75 Å². The molecular weight excluding hydrogens is 313 g/mol. The van der Waals surface area contributed by atoms with E-state index in [-0.39, 0.29) is 30.6 Å². The zero-order valence-electron chi connectivity index (χ0n) is 12.7. The third-order valence-electron chi connectivity index (χ3n) is 2.88. The molecule has 0 saturated heterocycles. The van der Waals surface area contributed by atoms with Crippen LogP contribution < -0.4 is 21.1 Å². The van der Waals surface area contributed by atoms with Crippen LogP contribution in [0.25, 0.3) is 0 Å². The van der Waals surface area contributed by atoms with E-state index in [1.54, 1.807) is 0 Å². The third-order valence-corrected chi connectivity index (χ3v) is 2.88. The molecule has 0 radical (unpaired) electrons. The Hall–Kier alpha value is -1.86. The van der Waals surface area contributed by atoms with Crippen molar-refractivity contribution in [2.24, 2.45) is 11.7 Å². The minimum atomic E-state index is -0.668. The van der Waals surface area contributed by atoms with Crippen molar-refractivity contribution < 1.29 is 18.7 Å². The fraction of sp³-hybridized carbons (Fsp3) is 0.429. The number of nitrogens with one attached hydrogen (secondary N) is 2. The Morgan fingerprint density at radius 3 is 2.55 bits per heavy atom. The van der Waals surface area contributed by atoms with Gasteiger partial charge < -0.3 is 21.1 Å². The molecule has 22 heavy (non-hydrogen) atoms. The van der Waals surface area contributed by atoms with Gasteiger partial charge in [-0.25, -0.2) is 4.39 Å². The van der Waals surface area contributed by atoms with Crippen LogP contribution in [0.2, 0.25) is 0 Å². The second-order valence-corrected chi connectivity index (χ2v) is 4.88. The standard InChI is InChI=1S/C14H20FN3O3.ClH/c1-8(2)13(16)14(20)17-7-12(19)18-10-5-4-9(15)6-11(10)21-3;/h4-6,8,13H,7,16H2,1-3H3,(H,17,20)(H,18,19);1H/t13-;/m0./s1. The van der Waals surface area contributed by atoms with E-state index in [0.717, 1.165) is 6.07 Å². The Morgan fingerprint density at radius 1 is 1.36 bits per heavy atom. The van der Waals surface area contributed by atoms with E-state index in [2.05, 4.69) is 10.6 Å². The summed E-state index contributed by atoms with van der Waals surface area (Å²) in [5.74, 6) is -1.14. The summed E-state index contributed by atoms with van der Waals surface area (Å²) in [5.41, 5.74) is 5.98. The zero-order chi connectivity index (χ0) is 16.0. The Balaban J connectivity index is 0.00000441. The van der Waals surface area contributed by atoms with Gasteiger partial charge in [0.05, 0.1) is 25.4 Å². The van der Waals surface area contributed by atoms with Crippen LogP contribution in [0.1, 0.15) is 13.8 Å².